The molecule has 0 saturated carbocycles. The number of halogens is 1. The summed E-state index contributed by atoms with van der Waals surface area (Å²) < 4.78 is 13.8. The van der Waals surface area contributed by atoms with E-state index in [4.69, 9.17) is 0 Å². The third kappa shape index (κ3) is 4.42. The first-order valence-electron chi connectivity index (χ1n) is 8.24. The molecule has 6 heteroatoms. The first-order valence-corrected chi connectivity index (χ1v) is 8.24. The van der Waals surface area contributed by atoms with Crippen LogP contribution in [0.1, 0.15) is 15.9 Å². The number of carbonyl (C=O) groups excluding carboxylic acids is 1. The summed E-state index contributed by atoms with van der Waals surface area (Å²) in [4.78, 5) is 22.3. The van der Waals surface area contributed by atoms with Crippen molar-refractivity contribution in [3.05, 3.63) is 84.2 Å². The van der Waals surface area contributed by atoms with Crippen molar-refractivity contribution in [2.24, 2.45) is 0 Å². The van der Waals surface area contributed by atoms with Crippen LogP contribution in [-0.2, 0) is 6.42 Å². The minimum Gasteiger partial charge on any atom is -0.352 e. The van der Waals surface area contributed by atoms with Gasteiger partial charge in [-0.15, -0.1) is 0 Å². The Bertz CT molecular complexity index is 886. The predicted molar refractivity (Wildman–Crippen MR) is 98.8 cm³/mol. The fraction of sp³-hybridized carbons (Fsp3) is 0.150. The molecular formula is C20H19FN4O. The van der Waals surface area contributed by atoms with Crippen LogP contribution in [0.15, 0.2) is 67.3 Å². The van der Waals surface area contributed by atoms with Gasteiger partial charge in [-0.2, -0.15) is 0 Å². The summed E-state index contributed by atoms with van der Waals surface area (Å²) in [5, 5.41) is 2.95. The van der Waals surface area contributed by atoms with Crippen LogP contribution in [0.5, 0.6) is 0 Å². The number of nitrogens with zero attached hydrogens (tertiary/aromatic N) is 3. The summed E-state index contributed by atoms with van der Waals surface area (Å²) in [7, 11) is 1.75. The van der Waals surface area contributed by atoms with Gasteiger partial charge in [0, 0.05) is 32.2 Å². The number of nitrogens with one attached hydrogen (secondary N) is 1. The Balaban J connectivity index is 1.66. The van der Waals surface area contributed by atoms with Crippen molar-refractivity contribution in [1.82, 2.24) is 14.9 Å². The third-order valence-corrected chi connectivity index (χ3v) is 3.97. The number of hydrogen-bond donors (Lipinski definition) is 1. The number of rotatable bonds is 6. The van der Waals surface area contributed by atoms with E-state index >= 15 is 0 Å². The van der Waals surface area contributed by atoms with Crippen molar-refractivity contribution in [3.63, 3.8) is 0 Å². The molecule has 0 saturated heterocycles. The van der Waals surface area contributed by atoms with Crippen LogP contribution >= 0.6 is 0 Å². The lowest BCUT2D eigenvalue weighted by molar-refractivity contribution is 0.0796. The Kier molecular flexibility index (Phi) is 5.53. The molecule has 0 fully saturated rings. The molecule has 0 aliphatic rings. The van der Waals surface area contributed by atoms with Crippen LogP contribution in [0.2, 0.25) is 0 Å². The smallest absolute Gasteiger partial charge is 0.255 e. The summed E-state index contributed by atoms with van der Waals surface area (Å²) in [6, 6.07) is 11.9. The molecule has 0 spiro atoms. The van der Waals surface area contributed by atoms with Crippen molar-refractivity contribution in [2.45, 2.75) is 6.42 Å². The molecule has 0 bridgehead atoms. The highest BCUT2D eigenvalue weighted by Gasteiger charge is 2.13. The van der Waals surface area contributed by atoms with Gasteiger partial charge < -0.3 is 10.2 Å². The van der Waals surface area contributed by atoms with E-state index in [1.54, 1.807) is 54.8 Å². The number of pyridine rings is 2. The Morgan fingerprint density at radius 2 is 1.88 bits per heavy atom. The zero-order valence-electron chi connectivity index (χ0n) is 14.4. The number of benzene rings is 1. The van der Waals surface area contributed by atoms with Crippen LogP contribution in [0.25, 0.3) is 0 Å². The molecule has 2 heterocycles. The lowest BCUT2D eigenvalue weighted by atomic mass is 10.2. The van der Waals surface area contributed by atoms with E-state index < -0.39 is 0 Å². The van der Waals surface area contributed by atoms with Gasteiger partial charge in [0.25, 0.3) is 5.91 Å². The maximum absolute atomic E-state index is 13.8. The molecule has 0 aliphatic heterocycles. The molecule has 26 heavy (non-hydrogen) atoms. The quantitative estimate of drug-likeness (QED) is 0.737. The maximum Gasteiger partial charge on any atom is 0.255 e. The summed E-state index contributed by atoms with van der Waals surface area (Å²) in [5.74, 6) is -0.498. The van der Waals surface area contributed by atoms with E-state index in [-0.39, 0.29) is 11.7 Å². The monoisotopic (exact) mass is 350 g/mol. The number of aromatic nitrogens is 2. The number of hydrogen-bond acceptors (Lipinski definition) is 4. The Labute approximate surface area is 151 Å². The molecule has 1 aromatic carbocycles. The van der Waals surface area contributed by atoms with Gasteiger partial charge in [-0.1, -0.05) is 12.1 Å². The van der Waals surface area contributed by atoms with Gasteiger partial charge in [0.05, 0.1) is 23.1 Å². The SMILES string of the molecule is CN(CCc1ccncc1)C(=O)c1cncc(Nc2ccccc2F)c1. The average molecular weight is 350 g/mol. The molecule has 3 rings (SSSR count). The maximum atomic E-state index is 13.8. The first kappa shape index (κ1) is 17.5. The second-order valence-corrected chi connectivity index (χ2v) is 5.90. The number of amides is 1. The lowest BCUT2D eigenvalue weighted by Crippen LogP contribution is -2.29. The molecule has 2 aromatic heterocycles. The summed E-state index contributed by atoms with van der Waals surface area (Å²) in [6.07, 6.45) is 7.28. The first-order chi connectivity index (χ1) is 12.6. The number of likely N-dealkylation sites (N-methyl/N-ethyl adjacent to an activating group) is 1. The van der Waals surface area contributed by atoms with Crippen molar-refractivity contribution in [3.8, 4) is 0 Å². The molecule has 0 aliphatic carbocycles. The fourth-order valence-electron chi connectivity index (χ4n) is 2.51. The molecule has 1 amide bonds. The van der Waals surface area contributed by atoms with Crippen LogP contribution in [-0.4, -0.2) is 34.4 Å². The fourth-order valence-corrected chi connectivity index (χ4v) is 2.51. The Morgan fingerprint density at radius 3 is 2.65 bits per heavy atom. The summed E-state index contributed by atoms with van der Waals surface area (Å²) in [5.41, 5.74) is 2.46. The molecule has 0 atom stereocenters. The molecule has 1 N–H and O–H groups in total. The van der Waals surface area contributed by atoms with E-state index in [0.29, 0.717) is 23.5 Å². The van der Waals surface area contributed by atoms with E-state index in [1.165, 1.54) is 12.3 Å². The van der Waals surface area contributed by atoms with Gasteiger partial charge in [0.2, 0.25) is 0 Å². The Hall–Kier alpha value is -3.28. The Morgan fingerprint density at radius 1 is 1.12 bits per heavy atom. The van der Waals surface area contributed by atoms with Crippen molar-refractivity contribution in [1.29, 1.82) is 0 Å². The minimum atomic E-state index is -0.362. The normalized spacial score (nSPS) is 10.4. The highest BCUT2D eigenvalue weighted by Crippen LogP contribution is 2.20. The lowest BCUT2D eigenvalue weighted by Gasteiger charge is -2.17. The van der Waals surface area contributed by atoms with E-state index in [9.17, 15) is 9.18 Å². The van der Waals surface area contributed by atoms with Gasteiger partial charge in [0.1, 0.15) is 5.82 Å². The second kappa shape index (κ2) is 8.20. The second-order valence-electron chi connectivity index (χ2n) is 5.90. The van der Waals surface area contributed by atoms with Crippen molar-refractivity contribution < 1.29 is 9.18 Å². The standard InChI is InChI=1S/C20H19FN4O/c1-25(11-8-15-6-9-22-10-7-15)20(26)16-12-17(14-23-13-16)24-19-5-3-2-4-18(19)21/h2-7,9-10,12-14,24H,8,11H2,1H3. The van der Waals surface area contributed by atoms with E-state index in [1.807, 2.05) is 12.1 Å². The van der Waals surface area contributed by atoms with Gasteiger partial charge in [0.15, 0.2) is 0 Å². The van der Waals surface area contributed by atoms with Gasteiger partial charge in [-0.3, -0.25) is 14.8 Å². The zero-order chi connectivity index (χ0) is 18.4. The van der Waals surface area contributed by atoms with Gasteiger partial charge in [-0.25, -0.2) is 4.39 Å². The van der Waals surface area contributed by atoms with Crippen LogP contribution in [0.3, 0.4) is 0 Å². The predicted octanol–water partition coefficient (Wildman–Crippen LogP) is 3.67. The van der Waals surface area contributed by atoms with E-state index in [0.717, 1.165) is 12.0 Å². The largest absolute Gasteiger partial charge is 0.352 e. The zero-order valence-corrected chi connectivity index (χ0v) is 14.4. The number of carbonyl (C=O) groups is 1. The van der Waals surface area contributed by atoms with Crippen molar-refractivity contribution in [2.75, 3.05) is 18.9 Å². The number of para-hydroxylation sites is 1. The number of anilines is 2. The van der Waals surface area contributed by atoms with Crippen LogP contribution < -0.4 is 5.32 Å². The minimum absolute atomic E-state index is 0.135. The average Bonchev–Trinajstić information content (AvgIpc) is 2.68. The van der Waals surface area contributed by atoms with Crippen LogP contribution in [0, 0.1) is 5.82 Å². The molecular weight excluding hydrogens is 331 g/mol. The molecule has 5 nitrogen and oxygen atoms in total. The molecule has 3 aromatic rings. The van der Waals surface area contributed by atoms with Gasteiger partial charge in [-0.05, 0) is 42.3 Å². The summed E-state index contributed by atoms with van der Waals surface area (Å²) in [6.45, 7) is 0.577. The highest BCUT2D eigenvalue weighted by molar-refractivity contribution is 5.94. The van der Waals surface area contributed by atoms with Gasteiger partial charge >= 0.3 is 0 Å². The molecule has 0 radical (unpaired) electrons. The third-order valence-electron chi connectivity index (χ3n) is 3.97. The van der Waals surface area contributed by atoms with Crippen molar-refractivity contribution >= 4 is 17.3 Å². The van der Waals surface area contributed by atoms with Crippen LogP contribution in [0.4, 0.5) is 15.8 Å². The highest BCUT2D eigenvalue weighted by atomic mass is 19.1. The molecule has 0 unspecified atom stereocenters. The molecule has 132 valence electrons. The summed E-state index contributed by atoms with van der Waals surface area (Å²) >= 11 is 0. The van der Waals surface area contributed by atoms with E-state index in [2.05, 4.69) is 15.3 Å². The topological polar surface area (TPSA) is 58.1 Å².